The molecule has 0 radical (unpaired) electrons. The summed E-state index contributed by atoms with van der Waals surface area (Å²) in [6.07, 6.45) is 0. The van der Waals surface area contributed by atoms with Gasteiger partial charge >= 0.3 is 0 Å². The Balaban J connectivity index is 1.29. The molecule has 0 fully saturated rings. The normalized spacial score (nSPS) is 10.8. The van der Waals surface area contributed by atoms with Crippen molar-refractivity contribution < 1.29 is 9.26 Å². The number of nitrogens with one attached hydrogen (secondary N) is 1. The molecule has 0 unspecified atom stereocenters. The molecule has 2 aromatic carbocycles. The van der Waals surface area contributed by atoms with Crippen LogP contribution >= 0.6 is 34.7 Å². The van der Waals surface area contributed by atoms with Crippen LogP contribution in [0.1, 0.15) is 11.5 Å². The highest BCUT2D eigenvalue weighted by Crippen LogP contribution is 2.29. The molecule has 4 aromatic rings. The molecule has 0 bridgehead atoms. The van der Waals surface area contributed by atoms with Crippen LogP contribution in [0.4, 0.5) is 5.13 Å². The quantitative estimate of drug-likeness (QED) is 0.372. The number of thioether (sulfide) groups is 1. The second-order valence-electron chi connectivity index (χ2n) is 5.88. The molecule has 2 heterocycles. The summed E-state index contributed by atoms with van der Waals surface area (Å²) in [4.78, 5) is 4.41. The Kier molecular flexibility index (Phi) is 6.28. The van der Waals surface area contributed by atoms with Gasteiger partial charge in [-0.2, -0.15) is 4.98 Å². The number of hydrogen-bond donors (Lipinski definition) is 1. The van der Waals surface area contributed by atoms with Gasteiger partial charge in [-0.05, 0) is 42.0 Å². The smallest absolute Gasteiger partial charge is 0.237 e. The predicted molar refractivity (Wildman–Crippen MR) is 115 cm³/mol. The first-order valence-electron chi connectivity index (χ1n) is 8.61. The second-order valence-corrected chi connectivity index (χ2v) is 8.52. The van der Waals surface area contributed by atoms with Gasteiger partial charge in [0.25, 0.3) is 0 Å². The lowest BCUT2D eigenvalue weighted by Gasteiger charge is -2.03. The minimum absolute atomic E-state index is 0.522. The van der Waals surface area contributed by atoms with Crippen LogP contribution < -0.4 is 10.1 Å². The molecular formula is C19H16ClN5O2S2. The van der Waals surface area contributed by atoms with Crippen LogP contribution in [0.2, 0.25) is 5.02 Å². The van der Waals surface area contributed by atoms with E-state index in [2.05, 4.69) is 25.7 Å². The lowest BCUT2D eigenvalue weighted by atomic mass is 10.2. The van der Waals surface area contributed by atoms with Crippen LogP contribution in [0.5, 0.6) is 5.75 Å². The van der Waals surface area contributed by atoms with Crippen LogP contribution in [0.25, 0.3) is 11.4 Å². The van der Waals surface area contributed by atoms with E-state index in [9.17, 15) is 0 Å². The molecule has 0 atom stereocenters. The van der Waals surface area contributed by atoms with Crippen LogP contribution in [0.3, 0.4) is 0 Å². The maximum atomic E-state index is 5.90. The van der Waals surface area contributed by atoms with Crippen molar-refractivity contribution in [1.82, 2.24) is 20.3 Å². The fourth-order valence-corrected chi connectivity index (χ4v) is 4.12. The number of methoxy groups -OCH3 is 1. The Labute approximate surface area is 180 Å². The van der Waals surface area contributed by atoms with Crippen molar-refractivity contribution in [2.24, 2.45) is 0 Å². The summed E-state index contributed by atoms with van der Waals surface area (Å²) in [7, 11) is 1.65. The molecule has 0 amide bonds. The van der Waals surface area contributed by atoms with Gasteiger partial charge in [-0.15, -0.1) is 10.2 Å². The molecule has 0 aliphatic heterocycles. The van der Waals surface area contributed by atoms with E-state index in [-0.39, 0.29) is 0 Å². The van der Waals surface area contributed by atoms with Crippen LogP contribution in [0, 0.1) is 0 Å². The summed E-state index contributed by atoms with van der Waals surface area (Å²) >= 11 is 8.89. The van der Waals surface area contributed by atoms with Gasteiger partial charge in [0.1, 0.15) is 5.75 Å². The molecule has 7 nitrogen and oxygen atoms in total. The van der Waals surface area contributed by atoms with Crippen molar-refractivity contribution in [3.8, 4) is 17.1 Å². The number of hydrogen-bond acceptors (Lipinski definition) is 9. The van der Waals surface area contributed by atoms with Gasteiger partial charge in [-0.3, -0.25) is 0 Å². The number of ether oxygens (including phenoxy) is 1. The molecule has 0 saturated heterocycles. The monoisotopic (exact) mass is 445 g/mol. The first-order chi connectivity index (χ1) is 14.2. The molecule has 29 heavy (non-hydrogen) atoms. The largest absolute Gasteiger partial charge is 0.497 e. The van der Waals surface area contributed by atoms with Gasteiger partial charge in [0.15, 0.2) is 4.34 Å². The Bertz CT molecular complexity index is 1070. The van der Waals surface area contributed by atoms with Crippen molar-refractivity contribution in [3.05, 3.63) is 65.0 Å². The first kappa shape index (κ1) is 19.7. The maximum absolute atomic E-state index is 5.90. The van der Waals surface area contributed by atoms with Gasteiger partial charge in [0.2, 0.25) is 16.8 Å². The highest BCUT2D eigenvalue weighted by Gasteiger charge is 2.11. The number of benzene rings is 2. The fourth-order valence-electron chi connectivity index (χ4n) is 2.41. The molecule has 2 aromatic heterocycles. The van der Waals surface area contributed by atoms with Gasteiger partial charge in [-0.1, -0.05) is 52.0 Å². The third-order valence-electron chi connectivity index (χ3n) is 3.90. The lowest BCUT2D eigenvalue weighted by molar-refractivity contribution is 0.391. The van der Waals surface area contributed by atoms with E-state index in [1.165, 1.54) is 23.1 Å². The second kappa shape index (κ2) is 9.25. The number of halogens is 1. The average Bonchev–Trinajstić information content (AvgIpc) is 3.41. The predicted octanol–water partition coefficient (Wildman–Crippen LogP) is 5.15. The van der Waals surface area contributed by atoms with Gasteiger partial charge in [0.05, 0.1) is 12.9 Å². The van der Waals surface area contributed by atoms with E-state index in [0.717, 1.165) is 26.3 Å². The van der Waals surface area contributed by atoms with Crippen molar-refractivity contribution in [2.75, 3.05) is 12.4 Å². The van der Waals surface area contributed by atoms with Gasteiger partial charge in [0, 0.05) is 17.1 Å². The van der Waals surface area contributed by atoms with E-state index in [4.69, 9.17) is 20.9 Å². The van der Waals surface area contributed by atoms with Crippen molar-refractivity contribution in [2.45, 2.75) is 16.6 Å². The van der Waals surface area contributed by atoms with Gasteiger partial charge < -0.3 is 14.6 Å². The van der Waals surface area contributed by atoms with E-state index in [1.54, 1.807) is 19.2 Å². The van der Waals surface area contributed by atoms with E-state index in [0.29, 0.717) is 29.0 Å². The molecular weight excluding hydrogens is 430 g/mol. The third-order valence-corrected chi connectivity index (χ3v) is 6.15. The highest BCUT2D eigenvalue weighted by atomic mass is 35.5. The molecule has 10 heteroatoms. The Morgan fingerprint density at radius 2 is 1.90 bits per heavy atom. The van der Waals surface area contributed by atoms with Crippen molar-refractivity contribution >= 4 is 39.8 Å². The van der Waals surface area contributed by atoms with Crippen molar-refractivity contribution in [3.63, 3.8) is 0 Å². The number of rotatable bonds is 8. The Morgan fingerprint density at radius 3 is 2.66 bits per heavy atom. The summed E-state index contributed by atoms with van der Waals surface area (Å²) in [6, 6.07) is 15.2. The molecule has 0 aliphatic rings. The molecule has 0 spiro atoms. The zero-order valence-corrected chi connectivity index (χ0v) is 17.7. The van der Waals surface area contributed by atoms with E-state index < -0.39 is 0 Å². The lowest BCUT2D eigenvalue weighted by Crippen LogP contribution is -1.98. The molecule has 4 rings (SSSR count). The van der Waals surface area contributed by atoms with E-state index >= 15 is 0 Å². The number of aromatic nitrogens is 4. The van der Waals surface area contributed by atoms with Gasteiger partial charge in [-0.25, -0.2) is 0 Å². The summed E-state index contributed by atoms with van der Waals surface area (Å²) in [5.74, 6) is 2.43. The first-order valence-corrected chi connectivity index (χ1v) is 10.8. The SMILES string of the molecule is COc1ccc(CNc2nnc(SCc3nc(-c4ccc(Cl)cc4)no3)s2)cc1. The minimum Gasteiger partial charge on any atom is -0.497 e. The maximum Gasteiger partial charge on any atom is 0.237 e. The number of anilines is 1. The molecule has 0 saturated carbocycles. The Hall–Kier alpha value is -2.62. The zero-order chi connectivity index (χ0) is 20.1. The summed E-state index contributed by atoms with van der Waals surface area (Å²) in [5.41, 5.74) is 1.99. The summed E-state index contributed by atoms with van der Waals surface area (Å²) in [6.45, 7) is 0.664. The summed E-state index contributed by atoms with van der Waals surface area (Å²) < 4.78 is 11.3. The van der Waals surface area contributed by atoms with Crippen molar-refractivity contribution in [1.29, 1.82) is 0 Å². The fraction of sp³-hybridized carbons (Fsp3) is 0.158. The average molecular weight is 446 g/mol. The zero-order valence-electron chi connectivity index (χ0n) is 15.3. The van der Waals surface area contributed by atoms with Crippen LogP contribution in [-0.2, 0) is 12.3 Å². The Morgan fingerprint density at radius 1 is 1.10 bits per heavy atom. The van der Waals surface area contributed by atoms with Crippen LogP contribution in [-0.4, -0.2) is 27.4 Å². The molecule has 0 aliphatic carbocycles. The minimum atomic E-state index is 0.522. The standard InChI is InChI=1S/C19H16ClN5O2S2/c1-26-15-8-2-12(3-9-15)10-21-18-23-24-19(29-18)28-11-16-22-17(25-27-16)13-4-6-14(20)7-5-13/h2-9H,10-11H2,1H3,(H,21,23). The number of nitrogens with zero attached hydrogens (tertiary/aromatic N) is 4. The summed E-state index contributed by atoms with van der Waals surface area (Å²) in [5, 5.41) is 17.1. The molecule has 148 valence electrons. The topological polar surface area (TPSA) is 86.0 Å². The third kappa shape index (κ3) is 5.26. The van der Waals surface area contributed by atoms with E-state index in [1.807, 2.05) is 36.4 Å². The highest BCUT2D eigenvalue weighted by molar-refractivity contribution is 8.00. The molecule has 1 N–H and O–H groups in total. The van der Waals surface area contributed by atoms with Crippen LogP contribution in [0.15, 0.2) is 57.4 Å².